The van der Waals surface area contributed by atoms with E-state index >= 15 is 0 Å². The summed E-state index contributed by atoms with van der Waals surface area (Å²) in [6.45, 7) is 14.5. The van der Waals surface area contributed by atoms with Gasteiger partial charge in [-0.25, -0.2) is 0 Å². The lowest BCUT2D eigenvalue weighted by molar-refractivity contribution is 0.332. The van der Waals surface area contributed by atoms with Crippen LogP contribution in [0.2, 0.25) is 0 Å². The average molecular weight is 761 g/mol. The van der Waals surface area contributed by atoms with Gasteiger partial charge >= 0.3 is 0 Å². The van der Waals surface area contributed by atoms with E-state index in [1.165, 1.54) is 123 Å². The van der Waals surface area contributed by atoms with Gasteiger partial charge in [-0.1, -0.05) is 139 Å². The van der Waals surface area contributed by atoms with Gasteiger partial charge in [0.05, 0.1) is 22.1 Å². The Bertz CT molecular complexity index is 3390. The molecule has 286 valence electrons. The first-order chi connectivity index (χ1) is 28.5. The molecule has 2 heterocycles. The maximum Gasteiger partial charge on any atom is 0.0562 e. The van der Waals surface area contributed by atoms with Crippen LogP contribution in [0.25, 0.3) is 88.0 Å². The zero-order valence-corrected chi connectivity index (χ0v) is 34.8. The van der Waals surface area contributed by atoms with Crippen molar-refractivity contribution in [1.29, 1.82) is 0 Å². The lowest BCUT2D eigenvalue weighted by Gasteiger charge is -2.42. The van der Waals surface area contributed by atoms with E-state index in [4.69, 9.17) is 0 Å². The van der Waals surface area contributed by atoms with Crippen LogP contribution in [0.4, 0.5) is 0 Å². The lowest BCUT2D eigenvalue weighted by atomic mass is 9.63. The van der Waals surface area contributed by atoms with Crippen molar-refractivity contribution in [3.05, 3.63) is 180 Å². The summed E-state index contributed by atoms with van der Waals surface area (Å²) in [6, 6.07) is 59.9. The Morgan fingerprint density at radius 3 is 1.76 bits per heavy atom. The molecule has 0 spiro atoms. The van der Waals surface area contributed by atoms with Crippen molar-refractivity contribution in [2.75, 3.05) is 0 Å². The number of hydrogen-bond acceptors (Lipinski definition) is 0. The highest BCUT2D eigenvalue weighted by Gasteiger charge is 2.38. The van der Waals surface area contributed by atoms with Gasteiger partial charge in [0, 0.05) is 38.3 Å². The van der Waals surface area contributed by atoms with Gasteiger partial charge in [0.15, 0.2) is 0 Å². The van der Waals surface area contributed by atoms with E-state index in [1.54, 1.807) is 0 Å². The van der Waals surface area contributed by atoms with Gasteiger partial charge in [0.25, 0.3) is 0 Å². The molecule has 0 saturated carbocycles. The van der Waals surface area contributed by atoms with E-state index in [-0.39, 0.29) is 16.2 Å². The van der Waals surface area contributed by atoms with Crippen LogP contribution >= 0.6 is 0 Å². The summed E-state index contributed by atoms with van der Waals surface area (Å²) in [7, 11) is 0. The molecule has 2 heteroatoms. The van der Waals surface area contributed by atoms with Gasteiger partial charge < -0.3 is 9.13 Å². The maximum atomic E-state index is 2.57. The topological polar surface area (TPSA) is 9.86 Å². The minimum atomic E-state index is -0.00143. The van der Waals surface area contributed by atoms with Crippen molar-refractivity contribution in [3.8, 4) is 33.6 Å². The van der Waals surface area contributed by atoms with Crippen LogP contribution in [-0.2, 0) is 16.2 Å². The highest BCUT2D eigenvalue weighted by Crippen LogP contribution is 2.51. The number of hydrogen-bond donors (Lipinski definition) is 0. The number of fused-ring (bicyclic) bond motifs is 12. The standard InChI is InChI=1S/C57H48N2/c1-55(2)28-29-56(3,4)49-33-51-44(32-48(49)55)43-31-45-53(58(38-15-8-7-9-16-38)50-27-23-36-14-10-11-17-40(36)54(45)50)34-52(43)59(51)39-24-20-35(21-25-39)37-22-26-47-42(30-37)41-18-12-13-19-46(41)57(47,5)6/h7-27,30-34H,28-29H2,1-6H3. The molecule has 0 amide bonds. The minimum Gasteiger partial charge on any atom is -0.309 e. The Labute approximate surface area is 346 Å². The number of rotatable bonds is 3. The molecule has 2 aliphatic rings. The third kappa shape index (κ3) is 4.81. The molecule has 2 nitrogen and oxygen atoms in total. The van der Waals surface area contributed by atoms with Crippen LogP contribution in [0.5, 0.6) is 0 Å². The molecule has 0 bridgehead atoms. The van der Waals surface area contributed by atoms with Crippen LogP contribution in [0, 0.1) is 0 Å². The summed E-state index contributed by atoms with van der Waals surface area (Å²) < 4.78 is 5.03. The van der Waals surface area contributed by atoms with Crippen LogP contribution in [-0.4, -0.2) is 9.13 Å². The monoisotopic (exact) mass is 760 g/mol. The molecule has 0 N–H and O–H groups in total. The number of aromatic nitrogens is 2. The molecule has 8 aromatic carbocycles. The van der Waals surface area contributed by atoms with Crippen molar-refractivity contribution >= 4 is 54.4 Å². The molecule has 0 saturated heterocycles. The first-order valence-corrected chi connectivity index (χ1v) is 21.4. The molecule has 12 rings (SSSR count). The van der Waals surface area contributed by atoms with Crippen molar-refractivity contribution in [2.24, 2.45) is 0 Å². The number of para-hydroxylation sites is 1. The van der Waals surface area contributed by atoms with Crippen LogP contribution in [0.15, 0.2) is 158 Å². The summed E-state index contributed by atoms with van der Waals surface area (Å²) in [4.78, 5) is 0. The van der Waals surface area contributed by atoms with E-state index < -0.39 is 0 Å². The van der Waals surface area contributed by atoms with E-state index in [2.05, 4.69) is 208 Å². The van der Waals surface area contributed by atoms with E-state index in [0.717, 1.165) is 0 Å². The normalized spacial score (nSPS) is 16.2. The first kappa shape index (κ1) is 34.6. The van der Waals surface area contributed by atoms with Crippen LogP contribution in [0.3, 0.4) is 0 Å². The second kappa shape index (κ2) is 11.9. The average Bonchev–Trinajstić information content (AvgIpc) is 3.83. The summed E-state index contributed by atoms with van der Waals surface area (Å²) in [5.74, 6) is 0. The van der Waals surface area contributed by atoms with Crippen molar-refractivity contribution in [1.82, 2.24) is 9.13 Å². The largest absolute Gasteiger partial charge is 0.309 e. The Hall–Kier alpha value is -6.38. The lowest BCUT2D eigenvalue weighted by Crippen LogP contribution is -2.33. The quantitative estimate of drug-likeness (QED) is 0.170. The minimum absolute atomic E-state index is 0.00143. The predicted molar refractivity (Wildman–Crippen MR) is 251 cm³/mol. The fraction of sp³-hybridized carbons (Fsp3) is 0.193. The molecule has 0 atom stereocenters. The molecule has 2 aromatic heterocycles. The third-order valence-electron chi connectivity index (χ3n) is 14.6. The third-order valence-corrected chi connectivity index (χ3v) is 14.6. The van der Waals surface area contributed by atoms with Gasteiger partial charge in [-0.2, -0.15) is 0 Å². The van der Waals surface area contributed by atoms with Crippen molar-refractivity contribution in [2.45, 2.75) is 70.6 Å². The summed E-state index contributed by atoms with van der Waals surface area (Å²) >= 11 is 0. The molecular formula is C57H48N2. The fourth-order valence-electron chi connectivity index (χ4n) is 11.2. The van der Waals surface area contributed by atoms with Gasteiger partial charge in [0.2, 0.25) is 0 Å². The Morgan fingerprint density at radius 2 is 0.966 bits per heavy atom. The second-order valence-corrected chi connectivity index (χ2v) is 19.2. The van der Waals surface area contributed by atoms with Crippen molar-refractivity contribution < 1.29 is 0 Å². The predicted octanol–water partition coefficient (Wildman–Crippen LogP) is 15.4. The molecule has 0 unspecified atom stereocenters. The Balaban J connectivity index is 1.14. The van der Waals surface area contributed by atoms with Gasteiger partial charge in [-0.05, 0) is 140 Å². The zero-order valence-electron chi connectivity index (χ0n) is 34.8. The SMILES string of the molecule is CC1(C)CCC(C)(C)c2cc3c(cc21)c1cc2c4c5ccccc5ccc4n(-c4ccccc4)c2cc1n3-c1ccc(-c2ccc3c(c2)-c2ccccc2C3(C)C)cc1. The second-order valence-electron chi connectivity index (χ2n) is 19.2. The van der Waals surface area contributed by atoms with E-state index in [0.29, 0.717) is 0 Å². The zero-order chi connectivity index (χ0) is 40.0. The van der Waals surface area contributed by atoms with Gasteiger partial charge in [-0.15, -0.1) is 0 Å². The van der Waals surface area contributed by atoms with Gasteiger partial charge in [0.1, 0.15) is 0 Å². The van der Waals surface area contributed by atoms with Crippen molar-refractivity contribution in [3.63, 3.8) is 0 Å². The summed E-state index contributed by atoms with van der Waals surface area (Å²) in [6.07, 6.45) is 2.37. The Morgan fingerprint density at radius 1 is 0.373 bits per heavy atom. The molecule has 0 fully saturated rings. The number of nitrogens with zero attached hydrogens (tertiary/aromatic N) is 2. The fourth-order valence-corrected chi connectivity index (χ4v) is 11.2. The maximum absolute atomic E-state index is 2.57. The molecule has 0 aliphatic heterocycles. The summed E-state index contributed by atoms with van der Waals surface area (Å²) in [5, 5.41) is 7.80. The smallest absolute Gasteiger partial charge is 0.0562 e. The molecule has 10 aromatic rings. The van der Waals surface area contributed by atoms with E-state index in [1.807, 2.05) is 0 Å². The van der Waals surface area contributed by atoms with E-state index in [9.17, 15) is 0 Å². The highest BCUT2D eigenvalue weighted by molar-refractivity contribution is 6.25. The van der Waals surface area contributed by atoms with Gasteiger partial charge in [-0.3, -0.25) is 0 Å². The molecule has 0 radical (unpaired) electrons. The van der Waals surface area contributed by atoms with Crippen LogP contribution < -0.4 is 0 Å². The number of benzene rings is 8. The molecule has 59 heavy (non-hydrogen) atoms. The Kier molecular flexibility index (Phi) is 6.96. The first-order valence-electron chi connectivity index (χ1n) is 21.4. The molecular weight excluding hydrogens is 713 g/mol. The molecule has 2 aliphatic carbocycles. The summed E-state index contributed by atoms with van der Waals surface area (Å²) in [5.41, 5.74) is 18.5. The highest BCUT2D eigenvalue weighted by atomic mass is 15.0. The van der Waals surface area contributed by atoms with Crippen LogP contribution in [0.1, 0.15) is 76.6 Å².